The van der Waals surface area contributed by atoms with Crippen LogP contribution in [-0.4, -0.2) is 65.8 Å². The van der Waals surface area contributed by atoms with Gasteiger partial charge in [-0.2, -0.15) is 0 Å². The number of methoxy groups -OCH3 is 1. The molecule has 2 heterocycles. The maximum atomic E-state index is 12.7. The molecule has 1 aromatic rings. The van der Waals surface area contributed by atoms with Crippen molar-refractivity contribution in [2.75, 3.05) is 20.2 Å². The minimum atomic E-state index is -0.650. The van der Waals surface area contributed by atoms with Gasteiger partial charge in [0.1, 0.15) is 12.2 Å². The van der Waals surface area contributed by atoms with Gasteiger partial charge in [0.15, 0.2) is 0 Å². The molecule has 1 aromatic carbocycles. The molecule has 3 rings (SSSR count). The Morgan fingerprint density at radius 3 is 2.38 bits per heavy atom. The summed E-state index contributed by atoms with van der Waals surface area (Å²) in [7, 11) is 1.31. The predicted octanol–water partition coefficient (Wildman–Crippen LogP) is 2.81. The van der Waals surface area contributed by atoms with Crippen LogP contribution in [0.1, 0.15) is 32.8 Å². The average Bonchev–Trinajstić information content (AvgIpc) is 3.25. The number of fused-ring (bicyclic) bond motifs is 1. The van der Waals surface area contributed by atoms with E-state index < -0.39 is 35.7 Å². The number of ether oxygens (including phenoxy) is 3. The van der Waals surface area contributed by atoms with E-state index in [4.69, 9.17) is 14.2 Å². The van der Waals surface area contributed by atoms with Crippen molar-refractivity contribution in [3.05, 3.63) is 35.9 Å². The highest BCUT2D eigenvalue weighted by Crippen LogP contribution is 2.37. The van der Waals surface area contributed by atoms with Gasteiger partial charge in [0, 0.05) is 13.1 Å². The van der Waals surface area contributed by atoms with Gasteiger partial charge in [0.05, 0.1) is 25.1 Å². The third-order valence-electron chi connectivity index (χ3n) is 5.20. The number of nitrogens with zero attached hydrogens (tertiary/aromatic N) is 2. The lowest BCUT2D eigenvalue weighted by atomic mass is 10.00. The summed E-state index contributed by atoms with van der Waals surface area (Å²) in [5.74, 6) is -1.09. The SMILES string of the molecule is COC(=O)C1CN(C(=O)OCc2ccccc2)[C@@H]2CCN(C(=O)OC(C)(C)C)[C@H]12. The Balaban J connectivity index is 1.73. The summed E-state index contributed by atoms with van der Waals surface area (Å²) in [6.45, 7) is 6.07. The molecule has 2 amide bonds. The Bertz CT molecular complexity index is 760. The molecule has 0 radical (unpaired) electrons. The van der Waals surface area contributed by atoms with Gasteiger partial charge < -0.3 is 24.0 Å². The van der Waals surface area contributed by atoms with E-state index in [1.165, 1.54) is 7.11 Å². The van der Waals surface area contributed by atoms with Gasteiger partial charge in [-0.25, -0.2) is 9.59 Å². The zero-order valence-electron chi connectivity index (χ0n) is 17.3. The summed E-state index contributed by atoms with van der Waals surface area (Å²) in [6, 6.07) is 8.59. The molecular weight excluding hydrogens is 376 g/mol. The molecule has 0 saturated carbocycles. The quantitative estimate of drug-likeness (QED) is 0.569. The highest BCUT2D eigenvalue weighted by atomic mass is 16.6. The molecule has 0 N–H and O–H groups in total. The molecule has 8 heteroatoms. The van der Waals surface area contributed by atoms with E-state index >= 15 is 0 Å². The van der Waals surface area contributed by atoms with Crippen molar-refractivity contribution >= 4 is 18.2 Å². The maximum absolute atomic E-state index is 12.7. The van der Waals surface area contributed by atoms with E-state index in [1.54, 1.807) is 30.6 Å². The Morgan fingerprint density at radius 1 is 1.07 bits per heavy atom. The molecule has 3 atom stereocenters. The molecule has 158 valence electrons. The number of rotatable bonds is 3. The molecule has 0 aromatic heterocycles. The maximum Gasteiger partial charge on any atom is 0.410 e. The molecule has 1 unspecified atom stereocenters. The third-order valence-corrected chi connectivity index (χ3v) is 5.20. The summed E-state index contributed by atoms with van der Waals surface area (Å²) < 4.78 is 15.9. The number of carbonyl (C=O) groups is 3. The van der Waals surface area contributed by atoms with Crippen LogP contribution in [0.15, 0.2) is 30.3 Å². The number of hydrogen-bond acceptors (Lipinski definition) is 6. The number of esters is 1. The predicted molar refractivity (Wildman–Crippen MR) is 104 cm³/mol. The minimum absolute atomic E-state index is 0.145. The first kappa shape index (κ1) is 21.0. The zero-order chi connectivity index (χ0) is 21.2. The van der Waals surface area contributed by atoms with Gasteiger partial charge in [-0.15, -0.1) is 0 Å². The molecule has 2 aliphatic heterocycles. The van der Waals surface area contributed by atoms with Crippen molar-refractivity contribution in [2.24, 2.45) is 5.92 Å². The van der Waals surface area contributed by atoms with Crippen molar-refractivity contribution in [2.45, 2.75) is 51.5 Å². The molecular formula is C21H28N2O6. The van der Waals surface area contributed by atoms with E-state index in [0.29, 0.717) is 13.0 Å². The van der Waals surface area contributed by atoms with E-state index in [9.17, 15) is 14.4 Å². The monoisotopic (exact) mass is 404 g/mol. The Kier molecular flexibility index (Phi) is 6.00. The molecule has 2 saturated heterocycles. The lowest BCUT2D eigenvalue weighted by Crippen LogP contribution is -2.47. The molecule has 0 bridgehead atoms. The number of benzene rings is 1. The van der Waals surface area contributed by atoms with Gasteiger partial charge >= 0.3 is 18.2 Å². The van der Waals surface area contributed by atoms with Crippen LogP contribution >= 0.6 is 0 Å². The van der Waals surface area contributed by atoms with E-state index in [0.717, 1.165) is 5.56 Å². The molecule has 29 heavy (non-hydrogen) atoms. The van der Waals surface area contributed by atoms with Gasteiger partial charge in [-0.3, -0.25) is 4.79 Å². The Morgan fingerprint density at radius 2 is 1.76 bits per heavy atom. The lowest BCUT2D eigenvalue weighted by molar-refractivity contribution is -0.146. The summed E-state index contributed by atoms with van der Waals surface area (Å²) in [5.41, 5.74) is 0.228. The Hall–Kier alpha value is -2.77. The number of hydrogen-bond donors (Lipinski definition) is 0. The summed E-state index contributed by atoms with van der Waals surface area (Å²) >= 11 is 0. The third kappa shape index (κ3) is 4.63. The molecule has 0 aliphatic carbocycles. The Labute approximate surface area is 170 Å². The van der Waals surface area contributed by atoms with Gasteiger partial charge in [0.2, 0.25) is 0 Å². The van der Waals surface area contributed by atoms with Crippen molar-refractivity contribution < 1.29 is 28.6 Å². The first-order valence-electron chi connectivity index (χ1n) is 9.76. The molecule has 2 fully saturated rings. The van der Waals surface area contributed by atoms with Crippen LogP contribution in [0, 0.1) is 5.92 Å². The number of amides is 2. The van der Waals surface area contributed by atoms with Gasteiger partial charge in [-0.1, -0.05) is 30.3 Å². The van der Waals surface area contributed by atoms with E-state index in [2.05, 4.69) is 0 Å². The van der Waals surface area contributed by atoms with Crippen LogP contribution in [0.4, 0.5) is 9.59 Å². The van der Waals surface area contributed by atoms with Crippen LogP contribution < -0.4 is 0 Å². The van der Waals surface area contributed by atoms with Gasteiger partial charge in [0.25, 0.3) is 0 Å². The van der Waals surface area contributed by atoms with Crippen LogP contribution in [0.2, 0.25) is 0 Å². The minimum Gasteiger partial charge on any atom is -0.469 e. The number of carbonyl (C=O) groups excluding carboxylic acids is 3. The second-order valence-electron chi connectivity index (χ2n) is 8.34. The average molecular weight is 404 g/mol. The molecule has 2 aliphatic rings. The highest BCUT2D eigenvalue weighted by Gasteiger charge is 2.55. The first-order valence-corrected chi connectivity index (χ1v) is 9.76. The fourth-order valence-corrected chi connectivity index (χ4v) is 3.99. The topological polar surface area (TPSA) is 85.4 Å². The number of likely N-dealkylation sites (tertiary alicyclic amines) is 2. The van der Waals surface area contributed by atoms with E-state index in [-0.39, 0.29) is 19.2 Å². The summed E-state index contributed by atoms with van der Waals surface area (Å²) in [5, 5.41) is 0. The second-order valence-corrected chi connectivity index (χ2v) is 8.34. The van der Waals surface area contributed by atoms with Crippen LogP contribution in [0.5, 0.6) is 0 Å². The largest absolute Gasteiger partial charge is 0.469 e. The zero-order valence-corrected chi connectivity index (χ0v) is 17.3. The van der Waals surface area contributed by atoms with Gasteiger partial charge in [-0.05, 0) is 32.8 Å². The smallest absolute Gasteiger partial charge is 0.410 e. The first-order chi connectivity index (χ1) is 13.7. The van der Waals surface area contributed by atoms with Crippen molar-refractivity contribution in [1.29, 1.82) is 0 Å². The lowest BCUT2D eigenvalue weighted by Gasteiger charge is -2.30. The van der Waals surface area contributed by atoms with Crippen molar-refractivity contribution in [1.82, 2.24) is 9.80 Å². The van der Waals surface area contributed by atoms with Crippen LogP contribution in [-0.2, 0) is 25.6 Å². The van der Waals surface area contributed by atoms with Crippen molar-refractivity contribution in [3.63, 3.8) is 0 Å². The second kappa shape index (κ2) is 8.31. The summed E-state index contributed by atoms with van der Waals surface area (Å²) in [6.07, 6.45) is -0.433. The van der Waals surface area contributed by atoms with Crippen molar-refractivity contribution in [3.8, 4) is 0 Å². The molecule has 8 nitrogen and oxygen atoms in total. The fourth-order valence-electron chi connectivity index (χ4n) is 3.99. The standard InChI is InChI=1S/C21H28N2O6/c1-21(2,3)29-20(26)22-11-10-16-17(22)15(18(24)27-4)12-23(16)19(25)28-13-14-8-6-5-7-9-14/h5-9,15-17H,10-13H2,1-4H3/t15?,16-,17-/m1/s1. The van der Waals surface area contributed by atoms with E-state index in [1.807, 2.05) is 30.3 Å². The van der Waals surface area contributed by atoms with Crippen LogP contribution in [0.3, 0.4) is 0 Å². The fraction of sp³-hybridized carbons (Fsp3) is 0.571. The van der Waals surface area contributed by atoms with Crippen LogP contribution in [0.25, 0.3) is 0 Å². The normalized spacial score (nSPS) is 23.5. The summed E-state index contributed by atoms with van der Waals surface area (Å²) in [4.78, 5) is 40.9. The molecule has 0 spiro atoms. The highest BCUT2D eigenvalue weighted by molar-refractivity contribution is 5.79.